The number of rotatable bonds is 56. The minimum atomic E-state index is -2.20. The van der Waals surface area contributed by atoms with Gasteiger partial charge in [0.25, 0.3) is 0 Å². The number of hydrogen-bond donors (Lipinski definition) is 0. The third-order valence-corrected chi connectivity index (χ3v) is 17.6. The standard InChI is InChI=1S/C43H94O19Si3/c1-44-11-12-46-15-16-48-19-20-50-23-24-52-27-28-54-31-32-56-35-36-58-39-40-60-42-41-59-38-37-57-34-33-55-30-29-53-26-25-51-22-21-49-18-17-47-14-13-45-10-9-43-65(8,61-63(2,3)4)62-64(5,6)7/h9-43H2,1-8H3. The Morgan fingerprint density at radius 3 is 0.523 bits per heavy atom. The summed E-state index contributed by atoms with van der Waals surface area (Å²) in [5.74, 6) is 0. The largest absolute Gasteiger partial charge is 0.437 e. The highest BCUT2D eigenvalue weighted by atomic mass is 28.5. The molecule has 0 aliphatic carbocycles. The van der Waals surface area contributed by atoms with Gasteiger partial charge in [-0.2, -0.15) is 0 Å². The minimum absolute atomic E-state index is 0.497. The smallest absolute Gasteiger partial charge is 0.314 e. The zero-order chi connectivity index (χ0) is 47.7. The average molecular weight is 999 g/mol. The number of methoxy groups -OCH3 is 1. The van der Waals surface area contributed by atoms with E-state index in [-0.39, 0.29) is 0 Å². The molecule has 0 saturated heterocycles. The van der Waals surface area contributed by atoms with E-state index in [4.69, 9.17) is 88.8 Å². The van der Waals surface area contributed by atoms with Crippen molar-refractivity contribution in [3.8, 4) is 0 Å². The molecule has 0 aromatic rings. The van der Waals surface area contributed by atoms with Gasteiger partial charge in [-0.1, -0.05) is 0 Å². The highest BCUT2D eigenvalue weighted by Crippen LogP contribution is 2.25. The van der Waals surface area contributed by atoms with Crippen LogP contribution in [-0.2, 0) is 88.8 Å². The second kappa shape index (κ2) is 48.9. The van der Waals surface area contributed by atoms with E-state index in [9.17, 15) is 0 Å². The monoisotopic (exact) mass is 999 g/mol. The van der Waals surface area contributed by atoms with Crippen LogP contribution in [0.1, 0.15) is 6.42 Å². The SMILES string of the molecule is COCCOCCOCCOCCOCCOCCOCCOCCOCCOCCOCCOCCOCCOCCOCCOCCOCCC[Si](C)(O[Si](C)(C)C)O[Si](C)(C)C. The zero-order valence-electron chi connectivity index (χ0n) is 42.0. The summed E-state index contributed by atoms with van der Waals surface area (Å²) in [4.78, 5) is 0. The molecule has 0 amide bonds. The van der Waals surface area contributed by atoms with Crippen molar-refractivity contribution in [2.24, 2.45) is 0 Å². The van der Waals surface area contributed by atoms with E-state index in [1.807, 2.05) is 0 Å². The third-order valence-electron chi connectivity index (χ3n) is 7.98. The molecule has 65 heavy (non-hydrogen) atoms. The first kappa shape index (κ1) is 64.9. The van der Waals surface area contributed by atoms with Crippen molar-refractivity contribution in [3.63, 3.8) is 0 Å². The summed E-state index contributed by atoms with van der Waals surface area (Å²) in [6.45, 7) is 32.8. The maximum atomic E-state index is 6.55. The lowest BCUT2D eigenvalue weighted by molar-refractivity contribution is -0.0306. The Kier molecular flexibility index (Phi) is 48.8. The van der Waals surface area contributed by atoms with Crippen molar-refractivity contribution >= 4 is 25.2 Å². The average Bonchev–Trinajstić information content (AvgIpc) is 3.24. The van der Waals surface area contributed by atoms with E-state index in [1.54, 1.807) is 7.11 Å². The van der Waals surface area contributed by atoms with E-state index >= 15 is 0 Å². The van der Waals surface area contributed by atoms with Gasteiger partial charge in [-0.25, -0.2) is 0 Å². The second-order valence-corrected chi connectivity index (χ2v) is 29.3. The molecule has 0 heterocycles. The lowest BCUT2D eigenvalue weighted by Gasteiger charge is -2.38. The molecule has 0 bridgehead atoms. The Balaban J connectivity index is 3.21. The molecule has 19 nitrogen and oxygen atoms in total. The van der Waals surface area contributed by atoms with Gasteiger partial charge < -0.3 is 88.8 Å². The van der Waals surface area contributed by atoms with Gasteiger partial charge in [0, 0.05) is 13.7 Å². The van der Waals surface area contributed by atoms with Crippen LogP contribution in [0.2, 0.25) is 51.9 Å². The van der Waals surface area contributed by atoms with Crippen molar-refractivity contribution in [2.75, 3.05) is 225 Å². The summed E-state index contributed by atoms with van der Waals surface area (Å²) in [7, 11) is -3.90. The van der Waals surface area contributed by atoms with Gasteiger partial charge in [-0.15, -0.1) is 0 Å². The summed E-state index contributed by atoms with van der Waals surface area (Å²) < 4.78 is 106. The number of ether oxygens (including phenoxy) is 17. The fourth-order valence-corrected chi connectivity index (χ4v) is 18.0. The molecule has 392 valence electrons. The molecule has 0 radical (unpaired) electrons. The molecule has 0 aromatic carbocycles. The highest BCUT2D eigenvalue weighted by molar-refractivity contribution is 6.87. The van der Waals surface area contributed by atoms with E-state index in [2.05, 4.69) is 45.8 Å². The normalized spacial score (nSPS) is 12.6. The first-order chi connectivity index (χ1) is 31.5. The van der Waals surface area contributed by atoms with Crippen molar-refractivity contribution < 1.29 is 88.8 Å². The second-order valence-electron chi connectivity index (χ2n) is 16.5. The number of hydrogen-bond acceptors (Lipinski definition) is 19. The van der Waals surface area contributed by atoms with Crippen LogP contribution in [0.5, 0.6) is 0 Å². The van der Waals surface area contributed by atoms with Gasteiger partial charge in [-0.05, 0) is 58.3 Å². The molecule has 22 heteroatoms. The molecular formula is C43H94O19Si3. The van der Waals surface area contributed by atoms with Crippen molar-refractivity contribution in [1.29, 1.82) is 0 Å². The lowest BCUT2D eigenvalue weighted by atomic mass is 10.5. The molecular weight excluding hydrogens is 905 g/mol. The molecule has 0 aliphatic heterocycles. The molecule has 0 atom stereocenters. The van der Waals surface area contributed by atoms with Crippen molar-refractivity contribution in [1.82, 2.24) is 0 Å². The third kappa shape index (κ3) is 56.4. The Morgan fingerprint density at radius 2 is 0.369 bits per heavy atom. The van der Waals surface area contributed by atoms with Crippen LogP contribution in [-0.4, -0.2) is 250 Å². The van der Waals surface area contributed by atoms with Crippen LogP contribution in [0, 0.1) is 0 Å². The Morgan fingerprint density at radius 1 is 0.215 bits per heavy atom. The maximum Gasteiger partial charge on any atom is 0.314 e. The van der Waals surface area contributed by atoms with Crippen LogP contribution >= 0.6 is 0 Å². The molecule has 0 rings (SSSR count). The summed E-state index contributed by atoms with van der Waals surface area (Å²) in [6.07, 6.45) is 0.936. The minimum Gasteiger partial charge on any atom is -0.437 e. The van der Waals surface area contributed by atoms with E-state index < -0.39 is 25.2 Å². The van der Waals surface area contributed by atoms with Gasteiger partial charge in [0.05, 0.1) is 211 Å². The first-order valence-corrected chi connectivity index (χ1v) is 32.9. The first-order valence-electron chi connectivity index (χ1n) is 23.6. The van der Waals surface area contributed by atoms with Crippen LogP contribution in [0.25, 0.3) is 0 Å². The summed E-state index contributed by atoms with van der Waals surface area (Å²) in [6, 6.07) is 0.951. The maximum absolute atomic E-state index is 6.55. The van der Waals surface area contributed by atoms with Gasteiger partial charge in [-0.3, -0.25) is 0 Å². The predicted octanol–water partition coefficient (Wildman–Crippen LogP) is 4.06. The molecule has 0 aromatic heterocycles. The Bertz CT molecular complexity index is 924. The molecule has 0 N–H and O–H groups in total. The van der Waals surface area contributed by atoms with Gasteiger partial charge in [0.1, 0.15) is 0 Å². The van der Waals surface area contributed by atoms with Crippen LogP contribution in [0.4, 0.5) is 0 Å². The van der Waals surface area contributed by atoms with Crippen molar-refractivity contribution in [2.45, 2.75) is 58.3 Å². The van der Waals surface area contributed by atoms with E-state index in [0.29, 0.717) is 218 Å². The van der Waals surface area contributed by atoms with Crippen LogP contribution in [0.3, 0.4) is 0 Å². The quantitative estimate of drug-likeness (QED) is 0.0630. The molecule has 0 aliphatic rings. The molecule has 0 unspecified atom stereocenters. The highest BCUT2D eigenvalue weighted by Gasteiger charge is 2.39. The van der Waals surface area contributed by atoms with Crippen molar-refractivity contribution in [3.05, 3.63) is 0 Å². The zero-order valence-corrected chi connectivity index (χ0v) is 45.0. The fourth-order valence-electron chi connectivity index (χ4n) is 5.46. The molecule has 0 saturated carbocycles. The van der Waals surface area contributed by atoms with Crippen LogP contribution in [0.15, 0.2) is 0 Å². The fraction of sp³-hybridized carbons (Fsp3) is 1.00. The molecule has 0 spiro atoms. The van der Waals surface area contributed by atoms with Gasteiger partial charge in [0.15, 0.2) is 16.6 Å². The Labute approximate surface area is 396 Å². The van der Waals surface area contributed by atoms with Crippen LogP contribution < -0.4 is 0 Å². The molecule has 0 fully saturated rings. The van der Waals surface area contributed by atoms with Gasteiger partial charge >= 0.3 is 8.56 Å². The topological polar surface area (TPSA) is 175 Å². The lowest BCUT2D eigenvalue weighted by Crippen LogP contribution is -2.52. The summed E-state index contributed by atoms with van der Waals surface area (Å²) >= 11 is 0. The van der Waals surface area contributed by atoms with E-state index in [1.165, 1.54) is 0 Å². The predicted molar refractivity (Wildman–Crippen MR) is 255 cm³/mol. The van der Waals surface area contributed by atoms with E-state index in [0.717, 1.165) is 12.5 Å². The summed E-state index contributed by atoms with van der Waals surface area (Å²) in [5, 5.41) is 0. The summed E-state index contributed by atoms with van der Waals surface area (Å²) in [5.41, 5.74) is 0. The van der Waals surface area contributed by atoms with Gasteiger partial charge in [0.2, 0.25) is 0 Å². The Hall–Kier alpha value is -0.109.